The largest absolute Gasteiger partial charge is 0.416 e. The molecule has 0 aromatic heterocycles. The minimum Gasteiger partial charge on any atom is -0.325 e. The Morgan fingerprint density at radius 1 is 1.00 bits per heavy atom. The Labute approximate surface area is 149 Å². The van der Waals surface area contributed by atoms with E-state index >= 15 is 0 Å². The van der Waals surface area contributed by atoms with Crippen LogP contribution in [0.4, 0.5) is 18.9 Å². The summed E-state index contributed by atoms with van der Waals surface area (Å²) < 4.78 is 61.9. The zero-order valence-electron chi connectivity index (χ0n) is 13.8. The quantitative estimate of drug-likeness (QED) is 0.869. The molecule has 1 amide bonds. The first kappa shape index (κ1) is 18.4. The van der Waals surface area contributed by atoms with Crippen LogP contribution in [-0.2, 0) is 20.8 Å². The number of sulfone groups is 1. The van der Waals surface area contributed by atoms with Gasteiger partial charge in [0.25, 0.3) is 0 Å². The number of anilines is 1. The Morgan fingerprint density at radius 2 is 1.54 bits per heavy atom. The predicted molar refractivity (Wildman–Crippen MR) is 90.4 cm³/mol. The van der Waals surface area contributed by atoms with Crippen LogP contribution in [0, 0.1) is 6.92 Å². The van der Waals surface area contributed by atoms with Gasteiger partial charge in [0.05, 0.1) is 10.5 Å². The zero-order chi connectivity index (χ0) is 19.2. The molecular weight excluding hydrogens is 367 g/mol. The van der Waals surface area contributed by atoms with Gasteiger partial charge in [-0.05, 0) is 56.2 Å². The summed E-state index contributed by atoms with van der Waals surface area (Å²) in [4.78, 5) is 12.6. The fraction of sp³-hybridized carbons (Fsp3) is 0.278. The average molecular weight is 383 g/mol. The van der Waals surface area contributed by atoms with Crippen LogP contribution in [0.25, 0.3) is 0 Å². The van der Waals surface area contributed by atoms with Crippen LogP contribution < -0.4 is 5.32 Å². The molecule has 26 heavy (non-hydrogen) atoms. The molecule has 0 aliphatic heterocycles. The van der Waals surface area contributed by atoms with Gasteiger partial charge >= 0.3 is 6.18 Å². The molecule has 1 saturated carbocycles. The second-order valence-corrected chi connectivity index (χ2v) is 8.60. The molecule has 0 bridgehead atoms. The van der Waals surface area contributed by atoms with E-state index in [9.17, 15) is 26.4 Å². The maximum absolute atomic E-state index is 12.8. The van der Waals surface area contributed by atoms with Gasteiger partial charge in [0, 0.05) is 5.69 Å². The number of hydrogen-bond acceptors (Lipinski definition) is 3. The lowest BCUT2D eigenvalue weighted by atomic mass is 10.2. The molecule has 8 heteroatoms. The number of aryl methyl sites for hydroxylation is 1. The summed E-state index contributed by atoms with van der Waals surface area (Å²) >= 11 is 0. The summed E-state index contributed by atoms with van der Waals surface area (Å²) in [5.74, 6) is -0.724. The maximum atomic E-state index is 12.8. The molecule has 1 aliphatic carbocycles. The van der Waals surface area contributed by atoms with Crippen LogP contribution in [0.2, 0.25) is 0 Å². The Balaban J connectivity index is 1.82. The van der Waals surface area contributed by atoms with Gasteiger partial charge < -0.3 is 5.32 Å². The molecule has 1 N–H and O–H groups in total. The van der Waals surface area contributed by atoms with Crippen LogP contribution in [0.1, 0.15) is 24.0 Å². The van der Waals surface area contributed by atoms with Crippen LogP contribution >= 0.6 is 0 Å². The third-order valence-corrected chi connectivity index (χ3v) is 6.95. The number of hydrogen-bond donors (Lipinski definition) is 1. The van der Waals surface area contributed by atoms with Crippen LogP contribution in [0.15, 0.2) is 53.4 Å². The molecule has 0 atom stereocenters. The number of halogens is 3. The topological polar surface area (TPSA) is 63.2 Å². The Hall–Kier alpha value is -2.35. The van der Waals surface area contributed by atoms with Crippen molar-refractivity contribution in [1.29, 1.82) is 0 Å². The second-order valence-electron chi connectivity index (χ2n) is 6.34. The molecule has 0 radical (unpaired) electrons. The summed E-state index contributed by atoms with van der Waals surface area (Å²) in [5, 5.41) is 2.43. The van der Waals surface area contributed by atoms with Gasteiger partial charge in [-0.3, -0.25) is 4.79 Å². The van der Waals surface area contributed by atoms with Gasteiger partial charge in [-0.25, -0.2) is 8.42 Å². The summed E-state index contributed by atoms with van der Waals surface area (Å²) in [7, 11) is -3.89. The van der Waals surface area contributed by atoms with Crippen LogP contribution in [-0.4, -0.2) is 19.1 Å². The summed E-state index contributed by atoms with van der Waals surface area (Å²) in [5.41, 5.74) is 0.167. The van der Waals surface area contributed by atoms with Crippen molar-refractivity contribution in [2.45, 2.75) is 35.6 Å². The highest BCUT2D eigenvalue weighted by atomic mass is 32.2. The van der Waals surface area contributed by atoms with Crippen molar-refractivity contribution in [3.05, 3.63) is 59.7 Å². The van der Waals surface area contributed by atoms with Gasteiger partial charge in [0.1, 0.15) is 0 Å². The molecule has 0 saturated heterocycles. The van der Waals surface area contributed by atoms with Crippen molar-refractivity contribution in [3.63, 3.8) is 0 Å². The number of rotatable bonds is 4. The van der Waals surface area contributed by atoms with Crippen molar-refractivity contribution >= 4 is 21.4 Å². The number of amides is 1. The van der Waals surface area contributed by atoms with E-state index < -0.39 is 32.2 Å². The third-order valence-electron chi connectivity index (χ3n) is 4.43. The Morgan fingerprint density at radius 3 is 2.00 bits per heavy atom. The normalized spacial score (nSPS) is 16.2. The van der Waals surface area contributed by atoms with Gasteiger partial charge in [0.2, 0.25) is 5.91 Å². The SMILES string of the molecule is Cc1ccc(S(=O)(=O)C2(C(=O)Nc3ccc(C(F)(F)F)cc3)CC2)cc1. The predicted octanol–water partition coefficient (Wildman–Crippen LogP) is 3.96. The van der Waals surface area contributed by atoms with Crippen molar-refractivity contribution < 1.29 is 26.4 Å². The Kier molecular flexibility index (Phi) is 4.34. The Bertz CT molecular complexity index is 929. The van der Waals surface area contributed by atoms with E-state index in [2.05, 4.69) is 5.32 Å². The first-order valence-electron chi connectivity index (χ1n) is 7.86. The fourth-order valence-electron chi connectivity index (χ4n) is 2.66. The minimum atomic E-state index is -4.48. The van der Waals surface area contributed by atoms with Gasteiger partial charge in [-0.2, -0.15) is 13.2 Å². The molecule has 2 aromatic rings. The van der Waals surface area contributed by atoms with Crippen molar-refractivity contribution in [2.24, 2.45) is 0 Å². The van der Waals surface area contributed by atoms with E-state index in [1.54, 1.807) is 12.1 Å². The molecule has 3 rings (SSSR count). The van der Waals surface area contributed by atoms with Crippen LogP contribution in [0.5, 0.6) is 0 Å². The lowest BCUT2D eigenvalue weighted by molar-refractivity contribution is -0.137. The molecular formula is C18H16F3NO3S. The van der Waals surface area contributed by atoms with E-state index in [1.165, 1.54) is 12.1 Å². The standard InChI is InChI=1S/C18H16F3NO3S/c1-12-2-8-15(9-3-12)26(24,25)17(10-11-17)16(23)22-14-6-4-13(5-7-14)18(19,20)21/h2-9H,10-11H2,1H3,(H,22,23). The lowest BCUT2D eigenvalue weighted by Crippen LogP contribution is -2.37. The number of carbonyl (C=O) groups excluding carboxylic acids is 1. The molecule has 1 aliphatic rings. The highest BCUT2D eigenvalue weighted by Crippen LogP contribution is 2.47. The zero-order valence-corrected chi connectivity index (χ0v) is 14.6. The lowest BCUT2D eigenvalue weighted by Gasteiger charge is -2.17. The first-order valence-corrected chi connectivity index (χ1v) is 9.35. The van der Waals surface area contributed by atoms with E-state index in [1.807, 2.05) is 6.92 Å². The minimum absolute atomic E-state index is 0.0585. The number of nitrogens with one attached hydrogen (secondary N) is 1. The third kappa shape index (κ3) is 3.21. The first-order chi connectivity index (χ1) is 12.1. The maximum Gasteiger partial charge on any atom is 0.416 e. The summed E-state index contributed by atoms with van der Waals surface area (Å²) in [6, 6.07) is 10.1. The number of benzene rings is 2. The molecule has 1 fully saturated rings. The van der Waals surface area contributed by atoms with Crippen LogP contribution in [0.3, 0.4) is 0 Å². The van der Waals surface area contributed by atoms with Crippen molar-refractivity contribution in [3.8, 4) is 0 Å². The molecule has 0 spiro atoms. The second kappa shape index (κ2) is 6.12. The summed E-state index contributed by atoms with van der Waals surface area (Å²) in [6.45, 7) is 1.82. The number of carbonyl (C=O) groups is 1. The smallest absolute Gasteiger partial charge is 0.325 e. The number of alkyl halides is 3. The van der Waals surface area contributed by atoms with E-state index in [4.69, 9.17) is 0 Å². The van der Waals surface area contributed by atoms with Crippen molar-refractivity contribution in [1.82, 2.24) is 0 Å². The molecule has 4 nitrogen and oxygen atoms in total. The highest BCUT2D eigenvalue weighted by Gasteiger charge is 2.61. The van der Waals surface area contributed by atoms with Gasteiger partial charge in [-0.1, -0.05) is 17.7 Å². The molecule has 0 heterocycles. The average Bonchev–Trinajstić information content (AvgIpc) is 3.37. The fourth-order valence-corrected chi connectivity index (χ4v) is 4.54. The van der Waals surface area contributed by atoms with Crippen molar-refractivity contribution in [2.75, 3.05) is 5.32 Å². The van der Waals surface area contributed by atoms with Gasteiger partial charge in [-0.15, -0.1) is 0 Å². The van der Waals surface area contributed by atoms with Gasteiger partial charge in [0.15, 0.2) is 14.6 Å². The highest BCUT2D eigenvalue weighted by molar-refractivity contribution is 7.94. The monoisotopic (exact) mass is 383 g/mol. The van der Waals surface area contributed by atoms with E-state index in [0.717, 1.165) is 29.8 Å². The molecule has 138 valence electrons. The van der Waals surface area contributed by atoms with E-state index in [0.29, 0.717) is 0 Å². The summed E-state index contributed by atoms with van der Waals surface area (Å²) in [6.07, 6.45) is -4.12. The van der Waals surface area contributed by atoms with E-state index in [-0.39, 0.29) is 23.4 Å². The molecule has 0 unspecified atom stereocenters. The molecule has 2 aromatic carbocycles.